The maximum Gasteiger partial charge on any atom is 0.235 e. The highest BCUT2D eigenvalue weighted by Gasteiger charge is 2.40. The molecule has 0 aromatic carbocycles. The van der Waals surface area contributed by atoms with E-state index in [0.717, 1.165) is 19.3 Å². The van der Waals surface area contributed by atoms with Crippen LogP contribution in [-0.4, -0.2) is 37.0 Å². The van der Waals surface area contributed by atoms with Crippen molar-refractivity contribution in [1.82, 2.24) is 4.31 Å². The van der Waals surface area contributed by atoms with E-state index in [4.69, 9.17) is 5.73 Å². The number of rotatable bonds is 4. The summed E-state index contributed by atoms with van der Waals surface area (Å²) in [4.78, 5) is 11.1. The summed E-state index contributed by atoms with van der Waals surface area (Å²) in [5.41, 5.74) is 5.19. The lowest BCUT2D eigenvalue weighted by atomic mass is 10.2. The van der Waals surface area contributed by atoms with Crippen LogP contribution in [0.2, 0.25) is 0 Å². The molecule has 86 valence electrons. The molecule has 1 atom stereocenters. The van der Waals surface area contributed by atoms with Crippen LogP contribution in [0.4, 0.5) is 0 Å². The van der Waals surface area contributed by atoms with Crippen LogP contribution in [0.25, 0.3) is 0 Å². The van der Waals surface area contributed by atoms with Crippen LogP contribution >= 0.6 is 0 Å². The number of hydrogen-bond acceptors (Lipinski definition) is 3. The Morgan fingerprint density at radius 1 is 1.33 bits per heavy atom. The number of carbonyl (C=O) groups excluding carboxylic acids is 1. The Labute approximate surface area is 89.7 Å². The minimum Gasteiger partial charge on any atom is -0.368 e. The molecule has 1 saturated heterocycles. The number of amides is 1. The lowest BCUT2D eigenvalue weighted by Crippen LogP contribution is -2.44. The first-order valence-electron chi connectivity index (χ1n) is 5.29. The molecule has 1 amide bonds. The zero-order valence-electron chi connectivity index (χ0n) is 8.55. The van der Waals surface area contributed by atoms with Gasteiger partial charge >= 0.3 is 0 Å². The van der Waals surface area contributed by atoms with E-state index in [1.54, 1.807) is 0 Å². The molecule has 0 aromatic heterocycles. The molecule has 2 aliphatic rings. The second-order valence-electron chi connectivity index (χ2n) is 4.39. The predicted molar refractivity (Wildman–Crippen MR) is 55.4 cm³/mol. The average molecular weight is 232 g/mol. The monoisotopic (exact) mass is 232 g/mol. The molecule has 0 spiro atoms. The second-order valence-corrected chi connectivity index (χ2v) is 6.36. The van der Waals surface area contributed by atoms with E-state index in [9.17, 15) is 13.2 Å². The van der Waals surface area contributed by atoms with E-state index in [2.05, 4.69) is 0 Å². The van der Waals surface area contributed by atoms with Crippen molar-refractivity contribution in [3.05, 3.63) is 0 Å². The molecule has 5 nitrogen and oxygen atoms in total. The minimum atomic E-state index is -3.26. The third-order valence-electron chi connectivity index (χ3n) is 3.03. The number of sulfonamides is 1. The van der Waals surface area contributed by atoms with Crippen LogP contribution in [0.1, 0.15) is 25.7 Å². The van der Waals surface area contributed by atoms with Crippen LogP contribution in [0.15, 0.2) is 0 Å². The molecule has 1 aliphatic heterocycles. The van der Waals surface area contributed by atoms with Gasteiger partial charge in [0.25, 0.3) is 0 Å². The third kappa shape index (κ3) is 2.31. The van der Waals surface area contributed by atoms with Gasteiger partial charge in [-0.25, -0.2) is 8.42 Å². The maximum absolute atomic E-state index is 11.9. The Morgan fingerprint density at radius 2 is 2.00 bits per heavy atom. The van der Waals surface area contributed by atoms with Crippen LogP contribution in [0, 0.1) is 5.92 Å². The molecule has 15 heavy (non-hydrogen) atoms. The highest BCUT2D eigenvalue weighted by Crippen LogP contribution is 2.32. The molecular weight excluding hydrogens is 216 g/mol. The topological polar surface area (TPSA) is 80.5 Å². The van der Waals surface area contributed by atoms with Crippen molar-refractivity contribution in [2.45, 2.75) is 31.7 Å². The number of carbonyl (C=O) groups is 1. The molecule has 1 unspecified atom stereocenters. The summed E-state index contributed by atoms with van der Waals surface area (Å²) in [7, 11) is -3.26. The molecule has 0 radical (unpaired) electrons. The Morgan fingerprint density at radius 3 is 2.53 bits per heavy atom. The summed E-state index contributed by atoms with van der Waals surface area (Å²) < 4.78 is 25.1. The van der Waals surface area contributed by atoms with E-state index in [1.807, 2.05) is 0 Å². The van der Waals surface area contributed by atoms with Crippen molar-refractivity contribution < 1.29 is 13.2 Å². The summed E-state index contributed by atoms with van der Waals surface area (Å²) in [6.45, 7) is 0.447. The molecule has 2 fully saturated rings. The van der Waals surface area contributed by atoms with Crippen LogP contribution < -0.4 is 5.73 Å². The van der Waals surface area contributed by atoms with Gasteiger partial charge in [-0.05, 0) is 31.6 Å². The van der Waals surface area contributed by atoms with Gasteiger partial charge in [-0.2, -0.15) is 4.31 Å². The summed E-state index contributed by atoms with van der Waals surface area (Å²) in [6, 6.07) is -0.603. The largest absolute Gasteiger partial charge is 0.368 e. The van der Waals surface area contributed by atoms with Crippen LogP contribution in [0.3, 0.4) is 0 Å². The van der Waals surface area contributed by atoms with Gasteiger partial charge in [0.05, 0.1) is 5.75 Å². The van der Waals surface area contributed by atoms with Gasteiger partial charge in [0.1, 0.15) is 6.04 Å². The normalized spacial score (nSPS) is 28.1. The smallest absolute Gasteiger partial charge is 0.235 e. The Bertz CT molecular complexity index is 362. The fourth-order valence-corrected chi connectivity index (χ4v) is 4.16. The van der Waals surface area contributed by atoms with Gasteiger partial charge < -0.3 is 5.73 Å². The summed E-state index contributed by atoms with van der Waals surface area (Å²) >= 11 is 0. The van der Waals surface area contributed by atoms with E-state index in [1.165, 1.54) is 4.31 Å². The number of hydrogen-bond donors (Lipinski definition) is 1. The highest BCUT2D eigenvalue weighted by molar-refractivity contribution is 7.89. The Kier molecular flexibility index (Phi) is 2.72. The van der Waals surface area contributed by atoms with Gasteiger partial charge in [-0.3, -0.25) is 4.79 Å². The SMILES string of the molecule is NC(=O)C1CCCN1S(=O)(=O)CC1CC1. The fourth-order valence-electron chi connectivity index (χ4n) is 2.04. The molecule has 2 N–H and O–H groups in total. The molecule has 1 heterocycles. The maximum atomic E-state index is 11.9. The first-order valence-corrected chi connectivity index (χ1v) is 6.90. The van der Waals surface area contributed by atoms with Gasteiger partial charge in [-0.1, -0.05) is 0 Å². The van der Waals surface area contributed by atoms with Crippen molar-refractivity contribution in [1.29, 1.82) is 0 Å². The summed E-state index contributed by atoms with van der Waals surface area (Å²) in [5.74, 6) is -0.0208. The predicted octanol–water partition coefficient (Wildman–Crippen LogP) is -0.324. The van der Waals surface area contributed by atoms with Gasteiger partial charge in [0, 0.05) is 6.54 Å². The number of primary amides is 1. The number of nitrogens with two attached hydrogens (primary N) is 1. The molecule has 1 saturated carbocycles. The van der Waals surface area contributed by atoms with Crippen molar-refractivity contribution in [3.63, 3.8) is 0 Å². The third-order valence-corrected chi connectivity index (χ3v) is 5.08. The fraction of sp³-hybridized carbons (Fsp3) is 0.889. The van der Waals surface area contributed by atoms with E-state index < -0.39 is 22.0 Å². The van der Waals surface area contributed by atoms with Gasteiger partial charge in [0.2, 0.25) is 15.9 Å². The molecule has 6 heteroatoms. The van der Waals surface area contributed by atoms with E-state index in [0.29, 0.717) is 18.9 Å². The zero-order valence-corrected chi connectivity index (χ0v) is 9.37. The summed E-state index contributed by atoms with van der Waals surface area (Å²) in [5, 5.41) is 0. The Balaban J connectivity index is 2.10. The zero-order chi connectivity index (χ0) is 11.1. The first kappa shape index (κ1) is 10.9. The van der Waals surface area contributed by atoms with Crippen molar-refractivity contribution in [2.24, 2.45) is 11.7 Å². The molecule has 2 rings (SSSR count). The minimum absolute atomic E-state index is 0.191. The van der Waals surface area contributed by atoms with E-state index >= 15 is 0 Å². The van der Waals surface area contributed by atoms with Gasteiger partial charge in [-0.15, -0.1) is 0 Å². The number of nitrogens with zero attached hydrogens (tertiary/aromatic N) is 1. The van der Waals surface area contributed by atoms with E-state index in [-0.39, 0.29) is 5.75 Å². The molecule has 1 aliphatic carbocycles. The molecular formula is C9H16N2O3S. The van der Waals surface area contributed by atoms with Crippen molar-refractivity contribution >= 4 is 15.9 Å². The lowest BCUT2D eigenvalue weighted by Gasteiger charge is -2.21. The quantitative estimate of drug-likeness (QED) is 0.721. The van der Waals surface area contributed by atoms with Gasteiger partial charge in [0.15, 0.2) is 0 Å². The first-order chi connectivity index (χ1) is 7.00. The highest BCUT2D eigenvalue weighted by atomic mass is 32.2. The second kappa shape index (κ2) is 3.75. The van der Waals surface area contributed by atoms with Crippen LogP contribution in [-0.2, 0) is 14.8 Å². The molecule has 0 aromatic rings. The molecule has 0 bridgehead atoms. The Hall–Kier alpha value is -0.620. The van der Waals surface area contributed by atoms with Crippen LogP contribution in [0.5, 0.6) is 0 Å². The summed E-state index contributed by atoms with van der Waals surface area (Å²) in [6.07, 6.45) is 3.29. The lowest BCUT2D eigenvalue weighted by molar-refractivity contribution is -0.121. The van der Waals surface area contributed by atoms with Crippen molar-refractivity contribution in [2.75, 3.05) is 12.3 Å². The average Bonchev–Trinajstić information content (AvgIpc) is 2.80. The van der Waals surface area contributed by atoms with Crippen molar-refractivity contribution in [3.8, 4) is 0 Å². The standard InChI is InChI=1S/C9H16N2O3S/c10-9(12)8-2-1-5-11(8)15(13,14)6-7-3-4-7/h7-8H,1-6H2,(H2,10,12).